The summed E-state index contributed by atoms with van der Waals surface area (Å²) in [5, 5.41) is 9.63. The molecule has 0 saturated heterocycles. The van der Waals surface area contributed by atoms with E-state index in [9.17, 15) is 9.90 Å². The summed E-state index contributed by atoms with van der Waals surface area (Å²) in [7, 11) is 0. The van der Waals surface area contributed by atoms with E-state index < -0.39 is 0 Å². The molecule has 0 bridgehead atoms. The van der Waals surface area contributed by atoms with Crippen LogP contribution in [-0.4, -0.2) is 28.5 Å². The van der Waals surface area contributed by atoms with Crippen LogP contribution in [0, 0.1) is 5.92 Å². The molecule has 18 heavy (non-hydrogen) atoms. The third kappa shape index (κ3) is 3.73. The smallest absolute Gasteiger partial charge is 0.254 e. The topological polar surface area (TPSA) is 40.5 Å². The van der Waals surface area contributed by atoms with Gasteiger partial charge in [-0.15, -0.1) is 0 Å². The number of carbonyl (C=O) groups is 1. The lowest BCUT2D eigenvalue weighted by atomic mass is 10.1. The zero-order valence-electron chi connectivity index (χ0n) is 11.3. The van der Waals surface area contributed by atoms with Crippen molar-refractivity contribution in [2.24, 2.45) is 5.92 Å². The minimum atomic E-state index is -0.0403. The predicted octanol–water partition coefficient (Wildman–Crippen LogP) is 3.66. The first-order valence-electron chi connectivity index (χ1n) is 6.12. The molecule has 100 valence electrons. The summed E-state index contributed by atoms with van der Waals surface area (Å²) in [6.07, 6.45) is 0. The van der Waals surface area contributed by atoms with Crippen LogP contribution in [0.4, 0.5) is 0 Å². The van der Waals surface area contributed by atoms with Gasteiger partial charge in [-0.25, -0.2) is 0 Å². The molecule has 0 fully saturated rings. The summed E-state index contributed by atoms with van der Waals surface area (Å²) in [6.45, 7) is 8.88. The number of hydrogen-bond acceptors (Lipinski definition) is 2. The maximum atomic E-state index is 12.4. The van der Waals surface area contributed by atoms with Gasteiger partial charge in [-0.2, -0.15) is 0 Å². The van der Waals surface area contributed by atoms with Gasteiger partial charge in [0.25, 0.3) is 5.91 Å². The number of phenols is 1. The van der Waals surface area contributed by atoms with E-state index in [0.717, 1.165) is 0 Å². The summed E-state index contributed by atoms with van der Waals surface area (Å²) in [5.74, 6) is 0.469. The first-order valence-corrected chi connectivity index (χ1v) is 6.91. The summed E-state index contributed by atoms with van der Waals surface area (Å²) in [4.78, 5) is 14.2. The van der Waals surface area contributed by atoms with Crippen molar-refractivity contribution in [3.05, 3.63) is 28.2 Å². The van der Waals surface area contributed by atoms with Crippen LogP contribution in [0.2, 0.25) is 0 Å². The molecule has 0 aliphatic rings. The lowest BCUT2D eigenvalue weighted by Crippen LogP contribution is -2.39. The number of amides is 1. The number of hydrogen-bond donors (Lipinski definition) is 1. The minimum absolute atomic E-state index is 0.0403. The van der Waals surface area contributed by atoms with E-state index in [2.05, 4.69) is 29.8 Å². The zero-order valence-corrected chi connectivity index (χ0v) is 12.9. The van der Waals surface area contributed by atoms with E-state index in [-0.39, 0.29) is 17.7 Å². The average molecular weight is 314 g/mol. The van der Waals surface area contributed by atoms with Gasteiger partial charge in [-0.3, -0.25) is 4.79 Å². The Hall–Kier alpha value is -1.03. The van der Waals surface area contributed by atoms with Gasteiger partial charge < -0.3 is 10.0 Å². The third-order valence-electron chi connectivity index (χ3n) is 2.64. The van der Waals surface area contributed by atoms with Crippen LogP contribution in [-0.2, 0) is 0 Å². The Kier molecular flexibility index (Phi) is 5.20. The Bertz CT molecular complexity index is 430. The molecular formula is C14H20BrNO2. The molecule has 0 atom stereocenters. The van der Waals surface area contributed by atoms with E-state index in [1.54, 1.807) is 12.1 Å². The Morgan fingerprint density at radius 3 is 2.39 bits per heavy atom. The van der Waals surface area contributed by atoms with E-state index >= 15 is 0 Å². The molecule has 0 saturated carbocycles. The number of rotatable bonds is 4. The van der Waals surface area contributed by atoms with Crippen LogP contribution in [0.3, 0.4) is 0 Å². The van der Waals surface area contributed by atoms with Crippen LogP contribution in [0.25, 0.3) is 0 Å². The lowest BCUT2D eigenvalue weighted by Gasteiger charge is -2.28. The van der Waals surface area contributed by atoms with Gasteiger partial charge in [0.15, 0.2) is 0 Å². The van der Waals surface area contributed by atoms with Gasteiger partial charge >= 0.3 is 0 Å². The average Bonchev–Trinajstić information content (AvgIpc) is 2.28. The van der Waals surface area contributed by atoms with Crippen LogP contribution in [0.15, 0.2) is 22.7 Å². The normalized spacial score (nSPS) is 11.1. The standard InChI is InChI=1S/C14H20BrNO2/c1-9(2)8-16(10(3)4)14(18)11-5-6-12(15)13(17)7-11/h5-7,9-10,17H,8H2,1-4H3. The highest BCUT2D eigenvalue weighted by Crippen LogP contribution is 2.25. The van der Waals surface area contributed by atoms with Crippen LogP contribution in [0.1, 0.15) is 38.1 Å². The highest BCUT2D eigenvalue weighted by molar-refractivity contribution is 9.10. The van der Waals surface area contributed by atoms with Crippen molar-refractivity contribution in [1.29, 1.82) is 0 Å². The Morgan fingerprint density at radius 2 is 1.94 bits per heavy atom. The fraction of sp³-hybridized carbons (Fsp3) is 0.500. The van der Waals surface area contributed by atoms with Crippen LogP contribution < -0.4 is 0 Å². The maximum Gasteiger partial charge on any atom is 0.254 e. The molecule has 0 radical (unpaired) electrons. The number of carbonyl (C=O) groups excluding carboxylic acids is 1. The fourth-order valence-electron chi connectivity index (χ4n) is 1.73. The molecule has 3 nitrogen and oxygen atoms in total. The lowest BCUT2D eigenvalue weighted by molar-refractivity contribution is 0.0681. The van der Waals surface area contributed by atoms with E-state index in [4.69, 9.17) is 0 Å². The summed E-state index contributed by atoms with van der Waals surface area (Å²) in [6, 6.07) is 5.06. The van der Waals surface area contributed by atoms with Gasteiger partial charge in [-0.1, -0.05) is 13.8 Å². The first kappa shape index (κ1) is 15.0. The molecular weight excluding hydrogens is 294 g/mol. The van der Waals surface area contributed by atoms with Crippen molar-refractivity contribution in [3.63, 3.8) is 0 Å². The van der Waals surface area contributed by atoms with Crippen molar-refractivity contribution in [3.8, 4) is 5.75 Å². The number of aromatic hydroxyl groups is 1. The van der Waals surface area contributed by atoms with Gasteiger partial charge in [-0.05, 0) is 53.9 Å². The summed E-state index contributed by atoms with van der Waals surface area (Å²) >= 11 is 3.21. The van der Waals surface area contributed by atoms with E-state index in [0.29, 0.717) is 22.5 Å². The van der Waals surface area contributed by atoms with Crippen molar-refractivity contribution >= 4 is 21.8 Å². The molecule has 0 heterocycles. The van der Waals surface area contributed by atoms with Gasteiger partial charge in [0.2, 0.25) is 0 Å². The third-order valence-corrected chi connectivity index (χ3v) is 3.31. The van der Waals surface area contributed by atoms with E-state index in [1.807, 2.05) is 18.7 Å². The van der Waals surface area contributed by atoms with Gasteiger partial charge in [0.05, 0.1) is 4.47 Å². The Morgan fingerprint density at radius 1 is 1.33 bits per heavy atom. The zero-order chi connectivity index (χ0) is 13.9. The Balaban J connectivity index is 2.98. The molecule has 0 aromatic heterocycles. The molecule has 1 rings (SSSR count). The minimum Gasteiger partial charge on any atom is -0.507 e. The summed E-state index contributed by atoms with van der Waals surface area (Å²) in [5.41, 5.74) is 0.519. The Labute approximate surface area is 117 Å². The van der Waals surface area contributed by atoms with Gasteiger partial charge in [0, 0.05) is 18.2 Å². The number of halogens is 1. The highest BCUT2D eigenvalue weighted by Gasteiger charge is 2.20. The first-order chi connectivity index (χ1) is 8.32. The molecule has 1 N–H and O–H groups in total. The van der Waals surface area contributed by atoms with Crippen LogP contribution >= 0.6 is 15.9 Å². The second kappa shape index (κ2) is 6.23. The monoisotopic (exact) mass is 313 g/mol. The molecule has 0 spiro atoms. The van der Waals surface area contributed by atoms with E-state index in [1.165, 1.54) is 6.07 Å². The predicted molar refractivity (Wildman–Crippen MR) is 76.8 cm³/mol. The fourth-order valence-corrected chi connectivity index (χ4v) is 1.98. The quantitative estimate of drug-likeness (QED) is 0.921. The van der Waals surface area contributed by atoms with Crippen molar-refractivity contribution in [2.75, 3.05) is 6.54 Å². The number of benzene rings is 1. The summed E-state index contributed by atoms with van der Waals surface area (Å²) < 4.78 is 0.596. The SMILES string of the molecule is CC(C)CN(C(=O)c1ccc(Br)c(O)c1)C(C)C. The number of phenolic OH excluding ortho intramolecular Hbond substituents is 1. The van der Waals surface area contributed by atoms with Crippen molar-refractivity contribution in [1.82, 2.24) is 4.90 Å². The highest BCUT2D eigenvalue weighted by atomic mass is 79.9. The second-order valence-corrected chi connectivity index (χ2v) is 5.97. The maximum absolute atomic E-state index is 12.4. The van der Waals surface area contributed by atoms with Gasteiger partial charge in [0.1, 0.15) is 5.75 Å². The largest absolute Gasteiger partial charge is 0.507 e. The number of nitrogens with zero attached hydrogens (tertiary/aromatic N) is 1. The molecule has 1 aromatic carbocycles. The molecule has 1 amide bonds. The second-order valence-electron chi connectivity index (χ2n) is 5.11. The molecule has 1 aromatic rings. The molecule has 0 unspecified atom stereocenters. The van der Waals surface area contributed by atoms with Crippen molar-refractivity contribution < 1.29 is 9.90 Å². The molecule has 0 aliphatic carbocycles. The molecule has 4 heteroatoms. The molecule has 0 aliphatic heterocycles. The van der Waals surface area contributed by atoms with Crippen molar-refractivity contribution in [2.45, 2.75) is 33.7 Å². The van der Waals surface area contributed by atoms with Crippen LogP contribution in [0.5, 0.6) is 5.75 Å².